The minimum absolute atomic E-state index is 0.191. The molecule has 1 aromatic heterocycles. The lowest BCUT2D eigenvalue weighted by Crippen LogP contribution is -1.97. The van der Waals surface area contributed by atoms with Crippen LogP contribution in [0.5, 0.6) is 11.5 Å². The lowest BCUT2D eigenvalue weighted by atomic mass is 10.2. The molecule has 1 N–H and O–H groups in total. The van der Waals surface area contributed by atoms with Crippen LogP contribution < -0.4 is 4.74 Å². The number of rotatable bonds is 3. The number of nitrogens with zero attached hydrogens (tertiary/aromatic N) is 1. The molecule has 0 bridgehead atoms. The smallest absolute Gasteiger partial charge is 0.140 e. The van der Waals surface area contributed by atoms with Crippen LogP contribution in [0.3, 0.4) is 0 Å². The van der Waals surface area contributed by atoms with Crippen LogP contribution in [-0.2, 0) is 6.61 Å². The Bertz CT molecular complexity index is 471. The fraction of sp³-hybridized carbons (Fsp3) is 0.250. The monoisotopic (exact) mass is 219 g/mol. The van der Waals surface area contributed by atoms with Crippen molar-refractivity contribution in [2.75, 3.05) is 0 Å². The first-order valence-corrected chi connectivity index (χ1v) is 5.00. The van der Waals surface area contributed by atoms with E-state index in [0.29, 0.717) is 12.4 Å². The highest BCUT2D eigenvalue weighted by Crippen LogP contribution is 2.20. The molecule has 1 heterocycles. The number of phenols is 1. The van der Waals surface area contributed by atoms with Gasteiger partial charge in [0.1, 0.15) is 23.9 Å². The Kier molecular flexibility index (Phi) is 2.81. The Labute approximate surface area is 93.5 Å². The number of phenolic OH excluding ortho intramolecular Hbond substituents is 1. The number of aromatic nitrogens is 1. The first kappa shape index (κ1) is 10.5. The molecular weight excluding hydrogens is 206 g/mol. The quantitative estimate of drug-likeness (QED) is 0.862. The van der Waals surface area contributed by atoms with E-state index in [4.69, 9.17) is 9.26 Å². The van der Waals surface area contributed by atoms with Crippen LogP contribution in [0, 0.1) is 13.8 Å². The van der Waals surface area contributed by atoms with E-state index in [0.717, 1.165) is 17.0 Å². The topological polar surface area (TPSA) is 55.5 Å². The molecule has 84 valence electrons. The Morgan fingerprint density at radius 1 is 1.38 bits per heavy atom. The molecule has 2 rings (SSSR count). The standard InChI is InChI=1S/C12H13NO3/c1-8-12(9(2)16-13-8)7-15-11-5-3-4-10(14)6-11/h3-6,14H,7H2,1-2H3. The molecule has 0 fully saturated rings. The van der Waals surface area contributed by atoms with Gasteiger partial charge in [0, 0.05) is 6.07 Å². The van der Waals surface area contributed by atoms with E-state index in [2.05, 4.69) is 5.16 Å². The maximum absolute atomic E-state index is 9.27. The van der Waals surface area contributed by atoms with Crippen molar-refractivity contribution >= 4 is 0 Å². The first-order valence-electron chi connectivity index (χ1n) is 5.00. The molecule has 0 aliphatic heterocycles. The summed E-state index contributed by atoms with van der Waals surface area (Å²) < 4.78 is 10.6. The summed E-state index contributed by atoms with van der Waals surface area (Å²) in [5.74, 6) is 1.58. The van der Waals surface area contributed by atoms with Crippen LogP contribution >= 0.6 is 0 Å². The van der Waals surface area contributed by atoms with Gasteiger partial charge < -0.3 is 14.4 Å². The number of hydrogen-bond acceptors (Lipinski definition) is 4. The molecule has 0 spiro atoms. The Hall–Kier alpha value is -1.97. The fourth-order valence-electron chi connectivity index (χ4n) is 1.44. The SMILES string of the molecule is Cc1noc(C)c1COc1cccc(O)c1. The van der Waals surface area contributed by atoms with Gasteiger partial charge in [-0.25, -0.2) is 0 Å². The number of aromatic hydroxyl groups is 1. The second kappa shape index (κ2) is 4.26. The summed E-state index contributed by atoms with van der Waals surface area (Å²) in [6, 6.07) is 6.69. The molecular formula is C12H13NO3. The third-order valence-corrected chi connectivity index (χ3v) is 2.38. The highest BCUT2D eigenvalue weighted by molar-refractivity contribution is 5.32. The van der Waals surface area contributed by atoms with E-state index in [1.165, 1.54) is 0 Å². The summed E-state index contributed by atoms with van der Waals surface area (Å²) in [6.45, 7) is 4.11. The zero-order valence-electron chi connectivity index (χ0n) is 9.23. The van der Waals surface area contributed by atoms with Gasteiger partial charge in [0.2, 0.25) is 0 Å². The summed E-state index contributed by atoms with van der Waals surface area (Å²) in [5.41, 5.74) is 1.78. The molecule has 0 aliphatic rings. The van der Waals surface area contributed by atoms with Crippen molar-refractivity contribution in [1.82, 2.24) is 5.16 Å². The lowest BCUT2D eigenvalue weighted by Gasteiger charge is -2.05. The molecule has 0 atom stereocenters. The highest BCUT2D eigenvalue weighted by Gasteiger charge is 2.09. The van der Waals surface area contributed by atoms with Crippen molar-refractivity contribution in [1.29, 1.82) is 0 Å². The van der Waals surface area contributed by atoms with Crippen molar-refractivity contribution in [3.63, 3.8) is 0 Å². The van der Waals surface area contributed by atoms with Gasteiger partial charge in [-0.1, -0.05) is 11.2 Å². The molecule has 16 heavy (non-hydrogen) atoms. The van der Waals surface area contributed by atoms with Crippen LogP contribution in [0.1, 0.15) is 17.0 Å². The average molecular weight is 219 g/mol. The van der Waals surface area contributed by atoms with Crippen molar-refractivity contribution < 1.29 is 14.4 Å². The molecule has 1 aromatic carbocycles. The largest absolute Gasteiger partial charge is 0.508 e. The van der Waals surface area contributed by atoms with Gasteiger partial charge in [-0.3, -0.25) is 0 Å². The number of hydrogen-bond donors (Lipinski definition) is 1. The molecule has 0 saturated carbocycles. The predicted molar refractivity (Wildman–Crippen MR) is 58.4 cm³/mol. The maximum atomic E-state index is 9.27. The number of benzene rings is 1. The molecule has 0 radical (unpaired) electrons. The second-order valence-corrected chi connectivity index (χ2v) is 3.59. The molecule has 0 saturated heterocycles. The van der Waals surface area contributed by atoms with Gasteiger partial charge in [0.25, 0.3) is 0 Å². The molecule has 0 unspecified atom stereocenters. The first-order chi connectivity index (χ1) is 7.66. The van der Waals surface area contributed by atoms with Gasteiger partial charge in [-0.05, 0) is 26.0 Å². The van der Waals surface area contributed by atoms with Crippen LogP contribution in [0.15, 0.2) is 28.8 Å². The third-order valence-electron chi connectivity index (χ3n) is 2.38. The Balaban J connectivity index is 2.08. The maximum Gasteiger partial charge on any atom is 0.140 e. The van der Waals surface area contributed by atoms with Gasteiger partial charge in [0.05, 0.1) is 11.3 Å². The van der Waals surface area contributed by atoms with E-state index in [-0.39, 0.29) is 5.75 Å². The predicted octanol–water partition coefficient (Wildman–Crippen LogP) is 2.58. The average Bonchev–Trinajstić information content (AvgIpc) is 2.56. The zero-order valence-corrected chi connectivity index (χ0v) is 9.23. The van der Waals surface area contributed by atoms with Crippen LogP contribution in [0.4, 0.5) is 0 Å². The summed E-state index contributed by atoms with van der Waals surface area (Å²) in [4.78, 5) is 0. The van der Waals surface area contributed by atoms with Crippen LogP contribution in [0.25, 0.3) is 0 Å². The Morgan fingerprint density at radius 2 is 2.19 bits per heavy atom. The van der Waals surface area contributed by atoms with Gasteiger partial charge >= 0.3 is 0 Å². The van der Waals surface area contributed by atoms with Crippen LogP contribution in [0.2, 0.25) is 0 Å². The zero-order chi connectivity index (χ0) is 11.5. The summed E-state index contributed by atoms with van der Waals surface area (Å²) in [5, 5.41) is 13.1. The number of ether oxygens (including phenoxy) is 1. The summed E-state index contributed by atoms with van der Waals surface area (Å²) in [7, 11) is 0. The van der Waals surface area contributed by atoms with Gasteiger partial charge in [-0.2, -0.15) is 0 Å². The van der Waals surface area contributed by atoms with Crippen molar-refractivity contribution in [3.05, 3.63) is 41.3 Å². The third kappa shape index (κ3) is 2.16. The van der Waals surface area contributed by atoms with Crippen molar-refractivity contribution in [3.8, 4) is 11.5 Å². The molecule has 4 heteroatoms. The number of aryl methyl sites for hydroxylation is 2. The Morgan fingerprint density at radius 3 is 2.81 bits per heavy atom. The van der Waals surface area contributed by atoms with E-state index in [9.17, 15) is 5.11 Å². The van der Waals surface area contributed by atoms with Gasteiger partial charge in [-0.15, -0.1) is 0 Å². The van der Waals surface area contributed by atoms with Crippen molar-refractivity contribution in [2.45, 2.75) is 20.5 Å². The van der Waals surface area contributed by atoms with Crippen LogP contribution in [-0.4, -0.2) is 10.3 Å². The molecule has 0 amide bonds. The van der Waals surface area contributed by atoms with E-state index in [1.54, 1.807) is 24.3 Å². The normalized spacial score (nSPS) is 10.4. The molecule has 0 aliphatic carbocycles. The summed E-state index contributed by atoms with van der Waals surface area (Å²) in [6.07, 6.45) is 0. The van der Waals surface area contributed by atoms with E-state index >= 15 is 0 Å². The van der Waals surface area contributed by atoms with Gasteiger partial charge in [0.15, 0.2) is 0 Å². The highest BCUT2D eigenvalue weighted by atomic mass is 16.5. The second-order valence-electron chi connectivity index (χ2n) is 3.59. The molecule has 4 nitrogen and oxygen atoms in total. The lowest BCUT2D eigenvalue weighted by molar-refractivity contribution is 0.300. The minimum Gasteiger partial charge on any atom is -0.508 e. The van der Waals surface area contributed by atoms with Crippen molar-refractivity contribution in [2.24, 2.45) is 0 Å². The van der Waals surface area contributed by atoms with E-state index in [1.807, 2.05) is 13.8 Å². The fourth-order valence-corrected chi connectivity index (χ4v) is 1.44. The van der Waals surface area contributed by atoms with E-state index < -0.39 is 0 Å². The molecule has 2 aromatic rings. The summed E-state index contributed by atoms with van der Waals surface area (Å²) >= 11 is 0. The minimum atomic E-state index is 0.191.